The van der Waals surface area contributed by atoms with Gasteiger partial charge in [-0.25, -0.2) is 0 Å². The Balaban J connectivity index is 2.78. The summed E-state index contributed by atoms with van der Waals surface area (Å²) in [6, 6.07) is 2.10. The van der Waals surface area contributed by atoms with Crippen LogP contribution in [-0.2, 0) is 0 Å². The van der Waals surface area contributed by atoms with E-state index >= 15 is 0 Å². The highest BCUT2D eigenvalue weighted by molar-refractivity contribution is 9.10. The van der Waals surface area contributed by atoms with Gasteiger partial charge in [0.05, 0.1) is 6.04 Å². The highest BCUT2D eigenvalue weighted by Crippen LogP contribution is 2.22. The first kappa shape index (κ1) is 12.4. The minimum Gasteiger partial charge on any atom is -0.271 e. The number of nitrogens with one attached hydrogen (secondary N) is 1. The molecule has 1 unspecified atom stereocenters. The van der Waals surface area contributed by atoms with Crippen LogP contribution in [0.25, 0.3) is 0 Å². The summed E-state index contributed by atoms with van der Waals surface area (Å²) in [5.74, 6) is 5.52. The first-order valence-electron chi connectivity index (χ1n) is 4.90. The van der Waals surface area contributed by atoms with Gasteiger partial charge in [-0.2, -0.15) is 0 Å². The van der Waals surface area contributed by atoms with Gasteiger partial charge in [-0.3, -0.25) is 16.3 Å². The van der Waals surface area contributed by atoms with Crippen LogP contribution >= 0.6 is 15.9 Å². The van der Waals surface area contributed by atoms with Crippen molar-refractivity contribution in [2.24, 2.45) is 5.84 Å². The van der Waals surface area contributed by atoms with Gasteiger partial charge in [0.25, 0.3) is 0 Å². The van der Waals surface area contributed by atoms with Crippen molar-refractivity contribution in [2.75, 3.05) is 0 Å². The lowest BCUT2D eigenvalue weighted by atomic mass is 10.0. The summed E-state index contributed by atoms with van der Waals surface area (Å²) in [4.78, 5) is 4.11. The molecule has 1 heterocycles. The number of hydrogen-bond acceptors (Lipinski definition) is 3. The van der Waals surface area contributed by atoms with Crippen LogP contribution in [0.5, 0.6) is 0 Å². The SMILES string of the molecule is C=C(CC)CC(NN)c1cncc(Br)c1. The topological polar surface area (TPSA) is 50.9 Å². The first-order valence-corrected chi connectivity index (χ1v) is 5.70. The normalized spacial score (nSPS) is 12.5. The molecule has 15 heavy (non-hydrogen) atoms. The molecule has 0 aliphatic rings. The Kier molecular flexibility index (Phi) is 4.94. The Labute approximate surface area is 98.9 Å². The number of nitrogens with two attached hydrogens (primary N) is 1. The zero-order valence-electron chi connectivity index (χ0n) is 8.83. The molecule has 0 amide bonds. The zero-order valence-corrected chi connectivity index (χ0v) is 10.4. The average Bonchev–Trinajstić information content (AvgIpc) is 2.25. The van der Waals surface area contributed by atoms with Crippen molar-refractivity contribution < 1.29 is 0 Å². The van der Waals surface area contributed by atoms with Gasteiger partial charge < -0.3 is 0 Å². The summed E-state index contributed by atoms with van der Waals surface area (Å²) >= 11 is 3.39. The lowest BCUT2D eigenvalue weighted by Crippen LogP contribution is -2.28. The molecule has 4 heteroatoms. The second kappa shape index (κ2) is 6.00. The van der Waals surface area contributed by atoms with Crippen LogP contribution in [0.1, 0.15) is 31.4 Å². The van der Waals surface area contributed by atoms with E-state index in [0.29, 0.717) is 0 Å². The van der Waals surface area contributed by atoms with Gasteiger partial charge in [-0.1, -0.05) is 19.1 Å². The van der Waals surface area contributed by atoms with Gasteiger partial charge in [0.1, 0.15) is 0 Å². The van der Waals surface area contributed by atoms with Gasteiger partial charge in [0.2, 0.25) is 0 Å². The highest BCUT2D eigenvalue weighted by Gasteiger charge is 2.11. The molecule has 3 N–H and O–H groups in total. The summed E-state index contributed by atoms with van der Waals surface area (Å²) in [6.45, 7) is 6.07. The molecule has 82 valence electrons. The van der Waals surface area contributed by atoms with E-state index in [1.165, 1.54) is 5.57 Å². The molecule has 1 atom stereocenters. The monoisotopic (exact) mass is 269 g/mol. The van der Waals surface area contributed by atoms with E-state index in [-0.39, 0.29) is 6.04 Å². The van der Waals surface area contributed by atoms with E-state index in [1.54, 1.807) is 6.20 Å². The van der Waals surface area contributed by atoms with Gasteiger partial charge in [0.15, 0.2) is 0 Å². The van der Waals surface area contributed by atoms with Gasteiger partial charge >= 0.3 is 0 Å². The lowest BCUT2D eigenvalue weighted by Gasteiger charge is -2.16. The van der Waals surface area contributed by atoms with Crippen LogP contribution < -0.4 is 11.3 Å². The van der Waals surface area contributed by atoms with Crippen LogP contribution in [-0.4, -0.2) is 4.98 Å². The molecule has 0 bridgehead atoms. The van der Waals surface area contributed by atoms with Crippen molar-refractivity contribution in [1.29, 1.82) is 0 Å². The largest absolute Gasteiger partial charge is 0.271 e. The van der Waals surface area contributed by atoms with Crippen LogP contribution in [0, 0.1) is 0 Å². The lowest BCUT2D eigenvalue weighted by molar-refractivity contribution is 0.543. The van der Waals surface area contributed by atoms with E-state index in [0.717, 1.165) is 22.9 Å². The fraction of sp³-hybridized carbons (Fsp3) is 0.364. The van der Waals surface area contributed by atoms with Crippen molar-refractivity contribution >= 4 is 15.9 Å². The minimum atomic E-state index is 0.0856. The molecule has 0 fully saturated rings. The molecule has 0 radical (unpaired) electrons. The summed E-state index contributed by atoms with van der Waals surface area (Å²) in [7, 11) is 0. The minimum absolute atomic E-state index is 0.0856. The smallest absolute Gasteiger partial charge is 0.0512 e. The number of halogens is 1. The number of hydrogen-bond donors (Lipinski definition) is 2. The van der Waals surface area contributed by atoms with E-state index in [4.69, 9.17) is 5.84 Å². The van der Waals surface area contributed by atoms with E-state index in [1.807, 2.05) is 12.3 Å². The summed E-state index contributed by atoms with van der Waals surface area (Å²) < 4.78 is 0.961. The summed E-state index contributed by atoms with van der Waals surface area (Å²) in [6.07, 6.45) is 5.38. The molecular weight excluding hydrogens is 254 g/mol. The number of rotatable bonds is 5. The molecule has 0 aliphatic heterocycles. The standard InChI is InChI=1S/C11H16BrN3/c1-3-8(2)4-11(15-13)9-5-10(12)7-14-6-9/h5-7,11,15H,2-4,13H2,1H3. The molecule has 0 saturated heterocycles. The van der Waals surface area contributed by atoms with Crippen molar-refractivity contribution in [2.45, 2.75) is 25.8 Å². The number of nitrogens with zero attached hydrogens (tertiary/aromatic N) is 1. The van der Waals surface area contributed by atoms with Crippen molar-refractivity contribution in [3.63, 3.8) is 0 Å². The van der Waals surface area contributed by atoms with E-state index in [9.17, 15) is 0 Å². The summed E-state index contributed by atoms with van der Waals surface area (Å²) in [5.41, 5.74) is 5.04. The molecular formula is C11H16BrN3. The molecule has 3 nitrogen and oxygen atoms in total. The third-order valence-electron chi connectivity index (χ3n) is 2.32. The Hall–Kier alpha value is -0.710. The Morgan fingerprint density at radius 2 is 2.40 bits per heavy atom. The second-order valence-electron chi connectivity index (χ2n) is 3.46. The molecule has 1 aromatic rings. The maximum Gasteiger partial charge on any atom is 0.0512 e. The van der Waals surface area contributed by atoms with Gasteiger partial charge in [-0.05, 0) is 40.4 Å². The fourth-order valence-electron chi connectivity index (χ4n) is 1.32. The molecule has 1 aromatic heterocycles. The Morgan fingerprint density at radius 1 is 1.67 bits per heavy atom. The number of aromatic nitrogens is 1. The Morgan fingerprint density at radius 3 is 2.93 bits per heavy atom. The molecule has 0 aromatic carbocycles. The average molecular weight is 270 g/mol. The van der Waals surface area contributed by atoms with Gasteiger partial charge in [0, 0.05) is 16.9 Å². The second-order valence-corrected chi connectivity index (χ2v) is 4.38. The quantitative estimate of drug-likeness (QED) is 0.491. The molecule has 0 saturated carbocycles. The number of pyridine rings is 1. The predicted molar refractivity (Wildman–Crippen MR) is 66.0 cm³/mol. The number of hydrazine groups is 1. The first-order chi connectivity index (χ1) is 7.17. The van der Waals surface area contributed by atoms with Crippen LogP contribution in [0.2, 0.25) is 0 Å². The van der Waals surface area contributed by atoms with E-state index in [2.05, 4.69) is 39.8 Å². The van der Waals surface area contributed by atoms with Crippen molar-refractivity contribution in [3.05, 3.63) is 40.6 Å². The molecule has 1 rings (SSSR count). The van der Waals surface area contributed by atoms with E-state index < -0.39 is 0 Å². The van der Waals surface area contributed by atoms with Crippen LogP contribution in [0.4, 0.5) is 0 Å². The van der Waals surface area contributed by atoms with Gasteiger partial charge in [-0.15, -0.1) is 0 Å². The maximum absolute atomic E-state index is 5.52. The third-order valence-corrected chi connectivity index (χ3v) is 2.76. The Bertz CT molecular complexity index is 338. The third kappa shape index (κ3) is 3.74. The highest BCUT2D eigenvalue weighted by atomic mass is 79.9. The molecule has 0 spiro atoms. The zero-order chi connectivity index (χ0) is 11.3. The fourth-order valence-corrected chi connectivity index (χ4v) is 1.71. The van der Waals surface area contributed by atoms with Crippen LogP contribution in [0.3, 0.4) is 0 Å². The summed E-state index contributed by atoms with van der Waals surface area (Å²) in [5, 5.41) is 0. The molecule has 0 aliphatic carbocycles. The van der Waals surface area contributed by atoms with Crippen LogP contribution in [0.15, 0.2) is 35.1 Å². The predicted octanol–water partition coefficient (Wildman–Crippen LogP) is 2.70. The maximum atomic E-state index is 5.52. The van der Waals surface area contributed by atoms with Crippen molar-refractivity contribution in [3.8, 4) is 0 Å². The van der Waals surface area contributed by atoms with Crippen molar-refractivity contribution in [1.82, 2.24) is 10.4 Å².